The van der Waals surface area contributed by atoms with Crippen molar-refractivity contribution < 1.29 is 9.53 Å². The van der Waals surface area contributed by atoms with Gasteiger partial charge in [-0.1, -0.05) is 20.8 Å². The van der Waals surface area contributed by atoms with Crippen LogP contribution in [0.1, 0.15) is 53.4 Å². The predicted molar refractivity (Wildman–Crippen MR) is 110 cm³/mol. The van der Waals surface area contributed by atoms with Gasteiger partial charge in [0.15, 0.2) is 5.96 Å². The summed E-state index contributed by atoms with van der Waals surface area (Å²) in [6.45, 7) is 13.6. The van der Waals surface area contributed by atoms with Crippen LogP contribution in [0.5, 0.6) is 0 Å². The van der Waals surface area contributed by atoms with E-state index in [4.69, 9.17) is 10.5 Å². The van der Waals surface area contributed by atoms with Crippen LogP contribution >= 0.6 is 0 Å². The molecule has 2 aliphatic rings. The minimum Gasteiger partial charge on any atom is -0.450 e. The molecule has 0 spiro atoms. The summed E-state index contributed by atoms with van der Waals surface area (Å²) in [6, 6.07) is 0.719. The quantitative estimate of drug-likeness (QED) is 0.545. The molecule has 0 aromatic rings. The highest BCUT2D eigenvalue weighted by Crippen LogP contribution is 2.21. The Labute approximate surface area is 164 Å². The zero-order chi connectivity index (χ0) is 19.8. The van der Waals surface area contributed by atoms with E-state index in [0.717, 1.165) is 25.3 Å². The Hall–Kier alpha value is -1.50. The van der Waals surface area contributed by atoms with Gasteiger partial charge < -0.3 is 20.7 Å². The second kappa shape index (κ2) is 10.7. The second-order valence-corrected chi connectivity index (χ2v) is 8.36. The molecule has 2 rings (SSSR count). The van der Waals surface area contributed by atoms with Crippen molar-refractivity contribution in [2.75, 3.05) is 39.3 Å². The molecule has 2 heterocycles. The highest BCUT2D eigenvalue weighted by molar-refractivity contribution is 5.78. The van der Waals surface area contributed by atoms with Crippen molar-refractivity contribution in [2.45, 2.75) is 65.5 Å². The molecule has 1 atom stereocenters. The molecule has 3 N–H and O–H groups in total. The molecule has 27 heavy (non-hydrogen) atoms. The largest absolute Gasteiger partial charge is 0.450 e. The number of nitrogens with two attached hydrogens (primary N) is 1. The van der Waals surface area contributed by atoms with Crippen LogP contribution in [0.15, 0.2) is 4.99 Å². The number of hydrogen-bond acceptors (Lipinski definition) is 4. The van der Waals surface area contributed by atoms with Gasteiger partial charge in [0.25, 0.3) is 0 Å². The number of nitrogens with one attached hydrogen (secondary N) is 1. The summed E-state index contributed by atoms with van der Waals surface area (Å²) in [6.07, 6.45) is 4.08. The Morgan fingerprint density at radius 1 is 1.19 bits per heavy atom. The summed E-state index contributed by atoms with van der Waals surface area (Å²) in [5, 5.41) is 3.35. The first kappa shape index (κ1) is 21.8. The summed E-state index contributed by atoms with van der Waals surface area (Å²) in [5.74, 6) is 1.92. The molecule has 156 valence electrons. The lowest BCUT2D eigenvalue weighted by Crippen LogP contribution is -2.49. The Bertz CT molecular complexity index is 481. The number of ether oxygens (including phenoxy) is 1. The monoisotopic (exact) mass is 381 g/mol. The van der Waals surface area contributed by atoms with Crippen LogP contribution in [0, 0.1) is 11.8 Å². The minimum atomic E-state index is -0.215. The van der Waals surface area contributed by atoms with Gasteiger partial charge in [-0.3, -0.25) is 9.89 Å². The van der Waals surface area contributed by atoms with Gasteiger partial charge >= 0.3 is 6.09 Å². The second-order valence-electron chi connectivity index (χ2n) is 8.36. The van der Waals surface area contributed by atoms with Crippen LogP contribution < -0.4 is 11.1 Å². The molecule has 0 aromatic heterocycles. The molecular weight excluding hydrogens is 342 g/mol. The van der Waals surface area contributed by atoms with Crippen molar-refractivity contribution in [1.29, 1.82) is 0 Å². The van der Waals surface area contributed by atoms with E-state index in [-0.39, 0.29) is 12.1 Å². The molecule has 1 amide bonds. The van der Waals surface area contributed by atoms with Crippen LogP contribution in [0.2, 0.25) is 0 Å². The maximum absolute atomic E-state index is 11.8. The smallest absolute Gasteiger partial charge is 0.409 e. The van der Waals surface area contributed by atoms with Gasteiger partial charge in [0, 0.05) is 25.2 Å². The zero-order valence-corrected chi connectivity index (χ0v) is 17.6. The van der Waals surface area contributed by atoms with Crippen LogP contribution in [-0.4, -0.2) is 73.3 Å². The van der Waals surface area contributed by atoms with E-state index in [1.54, 1.807) is 4.90 Å². The van der Waals surface area contributed by atoms with Gasteiger partial charge in [0.1, 0.15) is 0 Å². The molecule has 1 unspecified atom stereocenters. The third-order valence-electron chi connectivity index (χ3n) is 5.88. The summed E-state index contributed by atoms with van der Waals surface area (Å²) in [5.41, 5.74) is 6.16. The van der Waals surface area contributed by atoms with E-state index < -0.39 is 0 Å². The Morgan fingerprint density at radius 3 is 2.37 bits per heavy atom. The van der Waals surface area contributed by atoms with Gasteiger partial charge in [-0.2, -0.15) is 0 Å². The molecule has 0 saturated carbocycles. The minimum absolute atomic E-state index is 0.215. The van der Waals surface area contributed by atoms with Crippen molar-refractivity contribution in [2.24, 2.45) is 22.6 Å². The third-order valence-corrected chi connectivity index (χ3v) is 5.88. The molecule has 0 bridgehead atoms. The van der Waals surface area contributed by atoms with Gasteiger partial charge in [-0.15, -0.1) is 0 Å². The Kier molecular flexibility index (Phi) is 8.67. The van der Waals surface area contributed by atoms with Crippen LogP contribution in [0.3, 0.4) is 0 Å². The standard InChI is InChI=1S/C20H39N5O2/c1-5-27-20(26)25-12-8-17(9-13-25)23-19(21)22-14-18(15(2)3)24-10-6-16(4)7-11-24/h15-18H,5-14H2,1-4H3,(H3,21,22,23). The lowest BCUT2D eigenvalue weighted by Gasteiger charge is -2.38. The average Bonchev–Trinajstić information content (AvgIpc) is 2.64. The predicted octanol–water partition coefficient (Wildman–Crippen LogP) is 2.27. The molecule has 0 aliphatic carbocycles. The fraction of sp³-hybridized carbons (Fsp3) is 0.900. The van der Waals surface area contributed by atoms with Crippen molar-refractivity contribution in [1.82, 2.24) is 15.1 Å². The number of hydrogen-bond donors (Lipinski definition) is 2. The number of nitrogens with zero attached hydrogens (tertiary/aromatic N) is 3. The van der Waals surface area contributed by atoms with E-state index in [1.807, 2.05) is 6.92 Å². The number of rotatable bonds is 6. The lowest BCUT2D eigenvalue weighted by molar-refractivity contribution is 0.0963. The first-order valence-electron chi connectivity index (χ1n) is 10.6. The molecule has 7 nitrogen and oxygen atoms in total. The number of carbonyl (C=O) groups is 1. The zero-order valence-electron chi connectivity index (χ0n) is 17.6. The topological polar surface area (TPSA) is 83.2 Å². The number of guanidine groups is 1. The average molecular weight is 382 g/mol. The summed E-state index contributed by atoms with van der Waals surface area (Å²) < 4.78 is 5.06. The Balaban J connectivity index is 1.78. The van der Waals surface area contributed by atoms with Gasteiger partial charge in [-0.05, 0) is 57.5 Å². The summed E-state index contributed by atoms with van der Waals surface area (Å²) >= 11 is 0. The van der Waals surface area contributed by atoms with E-state index in [9.17, 15) is 4.79 Å². The third kappa shape index (κ3) is 6.87. The number of likely N-dealkylation sites (tertiary alicyclic amines) is 2. The SMILES string of the molecule is CCOC(=O)N1CCC(NC(N)=NCC(C(C)C)N2CCC(C)CC2)CC1. The van der Waals surface area contributed by atoms with Crippen molar-refractivity contribution >= 4 is 12.1 Å². The van der Waals surface area contributed by atoms with E-state index >= 15 is 0 Å². The Morgan fingerprint density at radius 2 is 1.81 bits per heavy atom. The molecule has 2 fully saturated rings. The molecule has 0 radical (unpaired) electrons. The number of carbonyl (C=O) groups excluding carboxylic acids is 1. The van der Waals surface area contributed by atoms with Gasteiger partial charge in [-0.25, -0.2) is 4.79 Å². The highest BCUT2D eigenvalue weighted by atomic mass is 16.6. The van der Waals surface area contributed by atoms with Crippen molar-refractivity contribution in [3.63, 3.8) is 0 Å². The van der Waals surface area contributed by atoms with Crippen molar-refractivity contribution in [3.05, 3.63) is 0 Å². The van der Waals surface area contributed by atoms with E-state index in [1.165, 1.54) is 25.9 Å². The maximum atomic E-state index is 11.8. The maximum Gasteiger partial charge on any atom is 0.409 e. The highest BCUT2D eigenvalue weighted by Gasteiger charge is 2.26. The van der Waals surface area contributed by atoms with Crippen LogP contribution in [0.4, 0.5) is 4.79 Å². The molecule has 7 heteroatoms. The molecule has 0 aromatic carbocycles. The van der Waals surface area contributed by atoms with Crippen molar-refractivity contribution in [3.8, 4) is 0 Å². The van der Waals surface area contributed by atoms with Gasteiger partial charge in [0.05, 0.1) is 13.2 Å². The van der Waals surface area contributed by atoms with E-state index in [2.05, 4.69) is 36.0 Å². The first-order chi connectivity index (χ1) is 12.9. The molecule has 2 saturated heterocycles. The number of aliphatic imine (C=N–C) groups is 1. The first-order valence-corrected chi connectivity index (χ1v) is 10.6. The summed E-state index contributed by atoms with van der Waals surface area (Å²) in [7, 11) is 0. The fourth-order valence-electron chi connectivity index (χ4n) is 3.98. The van der Waals surface area contributed by atoms with Crippen LogP contribution in [0.25, 0.3) is 0 Å². The van der Waals surface area contributed by atoms with Crippen LogP contribution in [-0.2, 0) is 4.74 Å². The number of amides is 1. The molecule has 2 aliphatic heterocycles. The normalized spacial score (nSPS) is 22.1. The summed E-state index contributed by atoms with van der Waals surface area (Å²) in [4.78, 5) is 20.8. The van der Waals surface area contributed by atoms with Gasteiger partial charge in [0.2, 0.25) is 0 Å². The van der Waals surface area contributed by atoms with E-state index in [0.29, 0.717) is 37.6 Å². The molecular formula is C20H39N5O2. The number of piperidine rings is 2. The lowest BCUT2D eigenvalue weighted by atomic mass is 9.94. The fourth-order valence-corrected chi connectivity index (χ4v) is 3.98.